The van der Waals surface area contributed by atoms with Crippen LogP contribution in [-0.4, -0.2) is 9.67 Å². The summed E-state index contributed by atoms with van der Waals surface area (Å²) in [6.07, 6.45) is 1.58. The Kier molecular flexibility index (Phi) is 2.10. The number of rotatable bonds is 1. The molecule has 11 heavy (non-hydrogen) atoms. The van der Waals surface area contributed by atoms with E-state index in [1.165, 1.54) is 0 Å². The van der Waals surface area contributed by atoms with E-state index in [9.17, 15) is 5.11 Å². The quantitative estimate of drug-likeness (QED) is 0.649. The molecule has 0 aromatic carbocycles. The van der Waals surface area contributed by atoms with Gasteiger partial charge in [0.1, 0.15) is 0 Å². The van der Waals surface area contributed by atoms with Gasteiger partial charge in [0.2, 0.25) is 0 Å². The number of hydrogen-bond donors (Lipinski definition) is 1. The lowest BCUT2D eigenvalue weighted by molar-refractivity contribution is 0.468. The molecule has 0 saturated heterocycles. The van der Waals surface area contributed by atoms with Crippen molar-refractivity contribution in [2.24, 2.45) is 0 Å². The molecule has 0 unspecified atom stereocenters. The Morgan fingerprint density at radius 2 is 2.27 bits per heavy atom. The van der Waals surface area contributed by atoms with Gasteiger partial charge in [-0.3, -0.25) is 0 Å². The van der Waals surface area contributed by atoms with E-state index in [-0.39, 0.29) is 5.75 Å². The van der Waals surface area contributed by atoms with Crippen molar-refractivity contribution in [2.45, 2.75) is 6.92 Å². The van der Waals surface area contributed by atoms with Crippen molar-refractivity contribution in [3.63, 3.8) is 0 Å². The summed E-state index contributed by atoms with van der Waals surface area (Å²) in [4.78, 5) is 0. The Bertz CT molecular complexity index is 340. The molecule has 1 aromatic heterocycles. The first-order valence-electron chi connectivity index (χ1n) is 3.20. The first-order valence-corrected chi connectivity index (χ1v) is 3.61. The lowest BCUT2D eigenvalue weighted by atomic mass is 10.3. The Morgan fingerprint density at radius 1 is 1.64 bits per heavy atom. The van der Waals surface area contributed by atoms with Crippen molar-refractivity contribution in [1.82, 2.24) is 4.57 Å². The van der Waals surface area contributed by atoms with Gasteiger partial charge < -0.3 is 9.67 Å². The third-order valence-electron chi connectivity index (χ3n) is 1.48. The van der Waals surface area contributed by atoms with Crippen LogP contribution >= 0.6 is 12.2 Å². The van der Waals surface area contributed by atoms with Crippen LogP contribution in [0.25, 0.3) is 6.20 Å². The van der Waals surface area contributed by atoms with Crippen LogP contribution in [0, 0.1) is 11.6 Å². The van der Waals surface area contributed by atoms with Crippen molar-refractivity contribution in [3.8, 4) is 5.75 Å². The second-order valence-corrected chi connectivity index (χ2v) is 2.60. The summed E-state index contributed by atoms with van der Waals surface area (Å²) < 4.78 is 2.06. The molecule has 0 aliphatic heterocycles. The fraction of sp³-hybridized carbons (Fsp3) is 0.125. The number of nitrogens with zero attached hydrogens (tertiary/aromatic N) is 1. The topological polar surface area (TPSA) is 25.2 Å². The Labute approximate surface area is 70.4 Å². The van der Waals surface area contributed by atoms with Crippen LogP contribution in [0.15, 0.2) is 18.7 Å². The Balaban J connectivity index is 3.54. The predicted octanol–water partition coefficient (Wildman–Crippen LogP) is 2.33. The van der Waals surface area contributed by atoms with Gasteiger partial charge in [-0.1, -0.05) is 18.8 Å². The number of aromatic hydroxyl groups is 1. The standard InChI is InChI=1S/C8H9NOS/c1-3-9-6(2)4-5-7(10)8(9)11/h3-5,10H,1H2,2H3. The second kappa shape index (κ2) is 2.88. The lowest BCUT2D eigenvalue weighted by Gasteiger charge is -2.04. The van der Waals surface area contributed by atoms with Gasteiger partial charge in [-0.15, -0.1) is 0 Å². The van der Waals surface area contributed by atoms with E-state index in [4.69, 9.17) is 12.2 Å². The largest absolute Gasteiger partial charge is 0.505 e. The highest BCUT2D eigenvalue weighted by atomic mass is 32.1. The molecular formula is C8H9NOS. The van der Waals surface area contributed by atoms with E-state index < -0.39 is 0 Å². The highest BCUT2D eigenvalue weighted by Crippen LogP contribution is 2.13. The van der Waals surface area contributed by atoms with Gasteiger partial charge in [0.25, 0.3) is 0 Å². The van der Waals surface area contributed by atoms with Crippen molar-refractivity contribution in [1.29, 1.82) is 0 Å². The maximum atomic E-state index is 9.18. The molecule has 58 valence electrons. The second-order valence-electron chi connectivity index (χ2n) is 2.22. The van der Waals surface area contributed by atoms with Crippen LogP contribution in [0.2, 0.25) is 0 Å². The monoisotopic (exact) mass is 167 g/mol. The molecule has 0 radical (unpaired) electrons. The van der Waals surface area contributed by atoms with E-state index in [2.05, 4.69) is 6.58 Å². The average molecular weight is 167 g/mol. The third kappa shape index (κ3) is 1.33. The molecule has 0 fully saturated rings. The molecule has 0 saturated carbocycles. The summed E-state index contributed by atoms with van der Waals surface area (Å²) in [5.74, 6) is 0.116. The molecule has 0 bridgehead atoms. The summed E-state index contributed by atoms with van der Waals surface area (Å²) in [5, 5.41) is 9.18. The molecule has 1 heterocycles. The molecule has 0 atom stereocenters. The smallest absolute Gasteiger partial charge is 0.152 e. The fourth-order valence-electron chi connectivity index (χ4n) is 0.862. The van der Waals surface area contributed by atoms with Gasteiger partial charge in [-0.2, -0.15) is 0 Å². The van der Waals surface area contributed by atoms with Crippen LogP contribution < -0.4 is 0 Å². The van der Waals surface area contributed by atoms with Gasteiger partial charge in [0.05, 0.1) is 0 Å². The average Bonchev–Trinajstić information content (AvgIpc) is 1.99. The summed E-state index contributed by atoms with van der Waals surface area (Å²) in [6, 6.07) is 3.37. The van der Waals surface area contributed by atoms with Crippen LogP contribution in [-0.2, 0) is 0 Å². The van der Waals surface area contributed by atoms with Gasteiger partial charge in [0, 0.05) is 11.9 Å². The van der Waals surface area contributed by atoms with E-state index in [0.717, 1.165) is 5.69 Å². The van der Waals surface area contributed by atoms with Gasteiger partial charge >= 0.3 is 0 Å². The van der Waals surface area contributed by atoms with E-state index >= 15 is 0 Å². The van der Waals surface area contributed by atoms with Crippen molar-refractivity contribution in [3.05, 3.63) is 29.0 Å². The molecule has 0 spiro atoms. The van der Waals surface area contributed by atoms with E-state index in [1.54, 1.807) is 22.9 Å². The summed E-state index contributed by atoms with van der Waals surface area (Å²) in [5.41, 5.74) is 0.961. The summed E-state index contributed by atoms with van der Waals surface area (Å²) in [6.45, 7) is 5.48. The van der Waals surface area contributed by atoms with Gasteiger partial charge in [-0.05, 0) is 19.1 Å². The van der Waals surface area contributed by atoms with Crippen LogP contribution in [0.1, 0.15) is 5.69 Å². The minimum atomic E-state index is 0.116. The molecule has 2 nitrogen and oxygen atoms in total. The molecular weight excluding hydrogens is 158 g/mol. The number of aryl methyl sites for hydroxylation is 1. The first-order chi connectivity index (χ1) is 5.16. The molecule has 0 amide bonds. The number of aromatic nitrogens is 1. The van der Waals surface area contributed by atoms with Crippen molar-refractivity contribution >= 4 is 18.4 Å². The highest BCUT2D eigenvalue weighted by molar-refractivity contribution is 7.71. The van der Waals surface area contributed by atoms with E-state index in [0.29, 0.717) is 4.64 Å². The zero-order chi connectivity index (χ0) is 8.43. The lowest BCUT2D eigenvalue weighted by Crippen LogP contribution is -1.94. The normalized spacial score (nSPS) is 9.55. The number of pyridine rings is 1. The van der Waals surface area contributed by atoms with Crippen LogP contribution in [0.5, 0.6) is 5.75 Å². The molecule has 0 aliphatic rings. The Morgan fingerprint density at radius 3 is 2.73 bits per heavy atom. The summed E-state index contributed by atoms with van der Waals surface area (Å²) >= 11 is 4.92. The fourth-order valence-corrected chi connectivity index (χ4v) is 1.15. The predicted molar refractivity (Wildman–Crippen MR) is 48.1 cm³/mol. The molecule has 3 heteroatoms. The van der Waals surface area contributed by atoms with Crippen LogP contribution in [0.3, 0.4) is 0 Å². The van der Waals surface area contributed by atoms with Gasteiger partial charge in [-0.25, -0.2) is 0 Å². The minimum absolute atomic E-state index is 0.116. The minimum Gasteiger partial charge on any atom is -0.505 e. The summed E-state index contributed by atoms with van der Waals surface area (Å²) in [7, 11) is 0. The van der Waals surface area contributed by atoms with Crippen molar-refractivity contribution < 1.29 is 5.11 Å². The van der Waals surface area contributed by atoms with Crippen LogP contribution in [0.4, 0.5) is 0 Å². The number of hydrogen-bond acceptors (Lipinski definition) is 2. The zero-order valence-electron chi connectivity index (χ0n) is 6.24. The van der Waals surface area contributed by atoms with Crippen molar-refractivity contribution in [2.75, 3.05) is 0 Å². The molecule has 1 rings (SSSR count). The molecule has 1 N–H and O–H groups in total. The maximum Gasteiger partial charge on any atom is 0.152 e. The SMILES string of the molecule is C=Cn1c(C)ccc(O)c1=S. The zero-order valence-corrected chi connectivity index (χ0v) is 7.06. The highest BCUT2D eigenvalue weighted by Gasteiger charge is 1.96. The molecule has 0 aliphatic carbocycles. The Hall–Kier alpha value is -1.09. The molecule has 1 aromatic rings. The maximum absolute atomic E-state index is 9.18. The van der Waals surface area contributed by atoms with E-state index in [1.807, 2.05) is 6.92 Å². The van der Waals surface area contributed by atoms with Gasteiger partial charge in [0.15, 0.2) is 10.4 Å². The third-order valence-corrected chi connectivity index (χ3v) is 1.89. The first kappa shape index (κ1) is 8.01.